The van der Waals surface area contributed by atoms with Gasteiger partial charge in [0.15, 0.2) is 0 Å². The van der Waals surface area contributed by atoms with Crippen LogP contribution < -0.4 is 10.1 Å². The molecule has 5 heteroatoms. The van der Waals surface area contributed by atoms with Crippen molar-refractivity contribution >= 4 is 5.91 Å². The Balaban J connectivity index is 1.68. The summed E-state index contributed by atoms with van der Waals surface area (Å²) in [4.78, 5) is 19.9. The molecule has 3 rings (SSSR count). The number of piperidine rings is 1. The molecule has 0 saturated carbocycles. The molecule has 0 bridgehead atoms. The van der Waals surface area contributed by atoms with Crippen LogP contribution in [0.1, 0.15) is 62.0 Å². The van der Waals surface area contributed by atoms with Crippen LogP contribution in [0.5, 0.6) is 5.75 Å². The molecule has 1 aromatic heterocycles. The van der Waals surface area contributed by atoms with E-state index in [1.807, 2.05) is 45.2 Å². The number of ether oxygens (including phenoxy) is 1. The molecule has 0 spiro atoms. The van der Waals surface area contributed by atoms with Crippen molar-refractivity contribution in [3.8, 4) is 5.75 Å². The fourth-order valence-electron chi connectivity index (χ4n) is 4.28. The molecular weight excluding hydrogens is 386 g/mol. The molecule has 1 N–H and O–H groups in total. The lowest BCUT2D eigenvalue weighted by molar-refractivity contribution is -0.129. The molecule has 1 saturated heterocycles. The van der Waals surface area contributed by atoms with E-state index in [2.05, 4.69) is 41.2 Å². The van der Waals surface area contributed by atoms with Crippen molar-refractivity contribution in [1.82, 2.24) is 15.2 Å². The highest BCUT2D eigenvalue weighted by Gasteiger charge is 2.32. The van der Waals surface area contributed by atoms with E-state index in [1.54, 1.807) is 7.11 Å². The minimum Gasteiger partial charge on any atom is -0.496 e. The lowest BCUT2D eigenvalue weighted by Gasteiger charge is -2.37. The molecule has 0 radical (unpaired) electrons. The maximum atomic E-state index is 12.8. The first-order chi connectivity index (χ1) is 14.7. The van der Waals surface area contributed by atoms with Gasteiger partial charge in [-0.2, -0.15) is 0 Å². The summed E-state index contributed by atoms with van der Waals surface area (Å²) in [6, 6.07) is 10.3. The molecule has 2 aromatic rings. The number of methoxy groups -OCH3 is 1. The van der Waals surface area contributed by atoms with Crippen LogP contribution in [0, 0.1) is 25.2 Å². The summed E-state index contributed by atoms with van der Waals surface area (Å²) >= 11 is 0. The lowest BCUT2D eigenvalue weighted by atomic mass is 9.85. The second-order valence-corrected chi connectivity index (χ2v) is 9.82. The average Bonchev–Trinajstić information content (AvgIpc) is 2.74. The predicted molar refractivity (Wildman–Crippen MR) is 125 cm³/mol. The molecule has 31 heavy (non-hydrogen) atoms. The van der Waals surface area contributed by atoms with Crippen LogP contribution in [0.4, 0.5) is 0 Å². The molecule has 0 aliphatic carbocycles. The standard InChI is InChI=1S/C26H37N3O2/c1-18-16-23(31-6)19(2)15-21(18)17-29-13-10-20(11-14-29)24(22-9-7-8-12-27-22)28-25(30)26(3,4)5/h7-9,12,15-16,20,24H,10-11,13-14,17H2,1-6H3,(H,28,30)/t24-/m1/s1. The van der Waals surface area contributed by atoms with Crippen LogP contribution >= 0.6 is 0 Å². The molecular formula is C26H37N3O2. The number of aryl methyl sites for hydroxylation is 2. The highest BCUT2D eigenvalue weighted by molar-refractivity contribution is 5.81. The molecule has 5 nitrogen and oxygen atoms in total. The molecule has 1 atom stereocenters. The van der Waals surface area contributed by atoms with Crippen molar-refractivity contribution in [2.45, 2.75) is 60.0 Å². The molecule has 1 aliphatic heterocycles. The fourth-order valence-corrected chi connectivity index (χ4v) is 4.28. The summed E-state index contributed by atoms with van der Waals surface area (Å²) in [6.07, 6.45) is 3.90. The number of rotatable bonds is 6. The van der Waals surface area contributed by atoms with Crippen LogP contribution in [-0.2, 0) is 11.3 Å². The van der Waals surface area contributed by atoms with Crippen molar-refractivity contribution in [3.63, 3.8) is 0 Å². The quantitative estimate of drug-likeness (QED) is 0.724. The Kier molecular flexibility index (Phi) is 7.37. The molecule has 1 fully saturated rings. The van der Waals surface area contributed by atoms with Crippen LogP contribution in [0.3, 0.4) is 0 Å². The molecule has 1 aromatic carbocycles. The summed E-state index contributed by atoms with van der Waals surface area (Å²) < 4.78 is 5.45. The van der Waals surface area contributed by atoms with Crippen molar-refractivity contribution in [2.75, 3.05) is 20.2 Å². The normalized spacial score (nSPS) is 16.7. The van der Waals surface area contributed by atoms with E-state index in [0.29, 0.717) is 5.92 Å². The number of aromatic nitrogens is 1. The predicted octanol–water partition coefficient (Wildman–Crippen LogP) is 4.82. The number of pyridine rings is 1. The van der Waals surface area contributed by atoms with Crippen molar-refractivity contribution < 1.29 is 9.53 Å². The van der Waals surface area contributed by atoms with Gasteiger partial charge in [-0.15, -0.1) is 0 Å². The number of amides is 1. The van der Waals surface area contributed by atoms with Gasteiger partial charge >= 0.3 is 0 Å². The van der Waals surface area contributed by atoms with Gasteiger partial charge in [0, 0.05) is 18.2 Å². The first-order valence-corrected chi connectivity index (χ1v) is 11.3. The third-order valence-corrected chi connectivity index (χ3v) is 6.33. The Morgan fingerprint density at radius 3 is 2.48 bits per heavy atom. The van der Waals surface area contributed by atoms with Crippen molar-refractivity contribution in [2.24, 2.45) is 11.3 Å². The molecule has 1 aliphatic rings. The van der Waals surface area contributed by atoms with Crippen LogP contribution in [0.2, 0.25) is 0 Å². The monoisotopic (exact) mass is 423 g/mol. The van der Waals surface area contributed by atoms with Gasteiger partial charge in [-0.05, 0) is 80.6 Å². The Morgan fingerprint density at radius 2 is 1.90 bits per heavy atom. The van der Waals surface area contributed by atoms with Gasteiger partial charge in [-0.25, -0.2) is 0 Å². The van der Waals surface area contributed by atoms with Gasteiger partial charge in [0.1, 0.15) is 5.75 Å². The Bertz CT molecular complexity index is 882. The smallest absolute Gasteiger partial charge is 0.225 e. The van der Waals surface area contributed by atoms with E-state index in [-0.39, 0.29) is 11.9 Å². The number of hydrogen-bond acceptors (Lipinski definition) is 4. The largest absolute Gasteiger partial charge is 0.496 e. The van der Waals surface area contributed by atoms with E-state index >= 15 is 0 Å². The second-order valence-electron chi connectivity index (χ2n) is 9.82. The first kappa shape index (κ1) is 23.3. The maximum absolute atomic E-state index is 12.8. The van der Waals surface area contributed by atoms with Crippen molar-refractivity contribution in [3.05, 3.63) is 58.9 Å². The summed E-state index contributed by atoms with van der Waals surface area (Å²) in [6.45, 7) is 13.1. The summed E-state index contributed by atoms with van der Waals surface area (Å²) in [7, 11) is 1.72. The van der Waals surface area contributed by atoms with E-state index in [1.165, 1.54) is 16.7 Å². The van der Waals surface area contributed by atoms with E-state index < -0.39 is 5.41 Å². The first-order valence-electron chi connectivity index (χ1n) is 11.3. The van der Waals surface area contributed by atoms with Crippen LogP contribution in [0.25, 0.3) is 0 Å². The van der Waals surface area contributed by atoms with Gasteiger partial charge in [-0.1, -0.05) is 32.9 Å². The van der Waals surface area contributed by atoms with Crippen LogP contribution in [0.15, 0.2) is 36.5 Å². The van der Waals surface area contributed by atoms with Gasteiger partial charge in [0.25, 0.3) is 0 Å². The van der Waals surface area contributed by atoms with E-state index in [4.69, 9.17) is 4.74 Å². The zero-order chi connectivity index (χ0) is 22.6. The Labute approximate surface area is 187 Å². The number of benzene rings is 1. The number of nitrogens with one attached hydrogen (secondary N) is 1. The Morgan fingerprint density at radius 1 is 1.19 bits per heavy atom. The van der Waals surface area contributed by atoms with Gasteiger partial charge < -0.3 is 10.1 Å². The summed E-state index contributed by atoms with van der Waals surface area (Å²) in [5, 5.41) is 3.30. The zero-order valence-corrected chi connectivity index (χ0v) is 19.9. The number of likely N-dealkylation sites (tertiary alicyclic amines) is 1. The van der Waals surface area contributed by atoms with Gasteiger partial charge in [-0.3, -0.25) is 14.7 Å². The summed E-state index contributed by atoms with van der Waals surface area (Å²) in [5.41, 5.74) is 4.35. The number of hydrogen-bond donors (Lipinski definition) is 1. The second kappa shape index (κ2) is 9.82. The maximum Gasteiger partial charge on any atom is 0.225 e. The fraction of sp³-hybridized carbons (Fsp3) is 0.538. The molecule has 0 unspecified atom stereocenters. The van der Waals surface area contributed by atoms with E-state index in [9.17, 15) is 4.79 Å². The van der Waals surface area contributed by atoms with Crippen LogP contribution in [-0.4, -0.2) is 36.0 Å². The zero-order valence-electron chi connectivity index (χ0n) is 19.9. The van der Waals surface area contributed by atoms with Crippen molar-refractivity contribution in [1.29, 1.82) is 0 Å². The number of carbonyl (C=O) groups is 1. The third kappa shape index (κ3) is 5.85. The molecule has 2 heterocycles. The summed E-state index contributed by atoms with van der Waals surface area (Å²) in [5.74, 6) is 1.42. The lowest BCUT2D eigenvalue weighted by Crippen LogP contribution is -2.44. The minimum atomic E-state index is -0.419. The molecule has 168 valence electrons. The number of nitrogens with zero attached hydrogens (tertiary/aromatic N) is 2. The number of carbonyl (C=O) groups excluding carboxylic acids is 1. The molecule has 1 amide bonds. The highest BCUT2D eigenvalue weighted by Crippen LogP contribution is 2.32. The highest BCUT2D eigenvalue weighted by atomic mass is 16.5. The van der Waals surface area contributed by atoms with Gasteiger partial charge in [0.05, 0.1) is 18.8 Å². The Hall–Kier alpha value is -2.40. The average molecular weight is 424 g/mol. The third-order valence-electron chi connectivity index (χ3n) is 6.33. The topological polar surface area (TPSA) is 54.5 Å². The van der Waals surface area contributed by atoms with E-state index in [0.717, 1.165) is 43.9 Å². The SMILES string of the molecule is COc1cc(C)c(CN2CCC([C@@H](NC(=O)C(C)(C)C)c3ccccn3)CC2)cc1C. The van der Waals surface area contributed by atoms with Gasteiger partial charge in [0.2, 0.25) is 5.91 Å². The minimum absolute atomic E-state index is 0.0416.